The van der Waals surface area contributed by atoms with Gasteiger partial charge in [0.15, 0.2) is 5.96 Å². The number of nitrogens with one attached hydrogen (secondary N) is 1. The van der Waals surface area contributed by atoms with Crippen LogP contribution in [0.4, 0.5) is 0 Å². The van der Waals surface area contributed by atoms with E-state index in [0.717, 1.165) is 31.5 Å². The first-order valence-corrected chi connectivity index (χ1v) is 9.89. The maximum Gasteiger partial charge on any atom is 0.193 e. The van der Waals surface area contributed by atoms with Crippen LogP contribution in [0.25, 0.3) is 0 Å². The number of hydrogen-bond acceptors (Lipinski definition) is 4. The maximum absolute atomic E-state index is 4.54. The molecule has 2 unspecified atom stereocenters. The summed E-state index contributed by atoms with van der Waals surface area (Å²) in [5.74, 6) is 1.80. The second-order valence-corrected chi connectivity index (χ2v) is 7.96. The molecule has 0 bridgehead atoms. The molecule has 1 aromatic rings. The average Bonchev–Trinajstić information content (AvgIpc) is 3.35. The first-order valence-electron chi connectivity index (χ1n) is 9.89. The fourth-order valence-electron chi connectivity index (χ4n) is 4.24. The number of likely N-dealkylation sites (tertiary alicyclic amines) is 2. The molecule has 7 heteroatoms. The minimum Gasteiger partial charge on any atom is -0.354 e. The van der Waals surface area contributed by atoms with E-state index < -0.39 is 0 Å². The molecule has 0 spiro atoms. The van der Waals surface area contributed by atoms with Gasteiger partial charge in [-0.25, -0.2) is 0 Å². The van der Waals surface area contributed by atoms with E-state index in [4.69, 9.17) is 0 Å². The molecule has 0 aliphatic carbocycles. The fraction of sp³-hybridized carbons (Fsp3) is 0.789. The summed E-state index contributed by atoms with van der Waals surface area (Å²) < 4.78 is 1.87. The van der Waals surface area contributed by atoms with Crippen LogP contribution in [0.5, 0.6) is 0 Å². The zero-order valence-electron chi connectivity index (χ0n) is 16.9. The summed E-state index contributed by atoms with van der Waals surface area (Å²) in [5.41, 5.74) is 1.23. The van der Waals surface area contributed by atoms with Gasteiger partial charge in [0.2, 0.25) is 0 Å². The summed E-state index contributed by atoms with van der Waals surface area (Å²) in [5, 5.41) is 7.92. The monoisotopic (exact) mass is 361 g/mol. The smallest absolute Gasteiger partial charge is 0.193 e. The third-order valence-corrected chi connectivity index (χ3v) is 5.70. The Labute approximate surface area is 158 Å². The SMILES string of the molecule is CN=C(NCC(c1cnn(C)c1)N(C)C)N1CCC(CN2CCCC2)C1. The zero-order chi connectivity index (χ0) is 18.5. The van der Waals surface area contributed by atoms with Gasteiger partial charge in [0.25, 0.3) is 0 Å². The van der Waals surface area contributed by atoms with Gasteiger partial charge in [-0.05, 0) is 52.4 Å². The normalized spacial score (nSPS) is 23.2. The van der Waals surface area contributed by atoms with E-state index in [2.05, 4.69) is 50.4 Å². The molecule has 146 valence electrons. The van der Waals surface area contributed by atoms with Gasteiger partial charge in [-0.2, -0.15) is 5.10 Å². The molecule has 2 fully saturated rings. The molecular weight excluding hydrogens is 326 g/mol. The van der Waals surface area contributed by atoms with Gasteiger partial charge in [0.1, 0.15) is 0 Å². The predicted octanol–water partition coefficient (Wildman–Crippen LogP) is 1.02. The van der Waals surface area contributed by atoms with Gasteiger partial charge in [-0.1, -0.05) is 0 Å². The maximum atomic E-state index is 4.54. The van der Waals surface area contributed by atoms with E-state index in [-0.39, 0.29) is 6.04 Å². The number of guanidine groups is 1. The number of aliphatic imine (C=N–C) groups is 1. The first kappa shape index (κ1) is 19.2. The Hall–Kier alpha value is -1.60. The van der Waals surface area contributed by atoms with Crippen LogP contribution >= 0.6 is 0 Å². The third-order valence-electron chi connectivity index (χ3n) is 5.70. The van der Waals surface area contributed by atoms with E-state index in [0.29, 0.717) is 0 Å². The number of aryl methyl sites for hydroxylation is 1. The van der Waals surface area contributed by atoms with Crippen molar-refractivity contribution in [3.63, 3.8) is 0 Å². The number of rotatable bonds is 6. The molecule has 2 aliphatic rings. The lowest BCUT2D eigenvalue weighted by molar-refractivity contribution is 0.279. The van der Waals surface area contributed by atoms with Crippen LogP contribution in [-0.4, -0.2) is 90.9 Å². The van der Waals surface area contributed by atoms with Crippen molar-refractivity contribution < 1.29 is 0 Å². The zero-order valence-corrected chi connectivity index (χ0v) is 16.9. The lowest BCUT2D eigenvalue weighted by atomic mass is 10.1. The number of hydrogen-bond donors (Lipinski definition) is 1. The van der Waals surface area contributed by atoms with Gasteiger partial charge in [-0.15, -0.1) is 0 Å². The molecule has 0 radical (unpaired) electrons. The predicted molar refractivity (Wildman–Crippen MR) is 106 cm³/mol. The summed E-state index contributed by atoms with van der Waals surface area (Å²) >= 11 is 0. The number of nitrogens with zero attached hydrogens (tertiary/aromatic N) is 6. The van der Waals surface area contributed by atoms with Crippen LogP contribution in [0.1, 0.15) is 30.9 Å². The highest BCUT2D eigenvalue weighted by molar-refractivity contribution is 5.80. The Kier molecular flexibility index (Phi) is 6.53. The molecular formula is C19H35N7. The Morgan fingerprint density at radius 2 is 2.12 bits per heavy atom. The van der Waals surface area contributed by atoms with Gasteiger partial charge < -0.3 is 20.0 Å². The number of likely N-dealkylation sites (N-methyl/N-ethyl adjacent to an activating group) is 1. The largest absolute Gasteiger partial charge is 0.354 e. The standard InChI is InChI=1S/C19H35N7/c1-20-19(21-12-18(23(2)3)17-11-22-24(4)15-17)26-10-7-16(14-26)13-25-8-5-6-9-25/h11,15-16,18H,5-10,12-14H2,1-4H3,(H,20,21). The number of aromatic nitrogens is 2. The quantitative estimate of drug-likeness (QED) is 0.606. The van der Waals surface area contributed by atoms with Gasteiger partial charge in [0.05, 0.1) is 12.2 Å². The minimum atomic E-state index is 0.281. The summed E-state index contributed by atoms with van der Waals surface area (Å²) in [7, 11) is 8.09. The molecule has 26 heavy (non-hydrogen) atoms. The van der Waals surface area contributed by atoms with Crippen LogP contribution in [0.2, 0.25) is 0 Å². The molecule has 1 aromatic heterocycles. The molecule has 1 N–H and O–H groups in total. The third kappa shape index (κ3) is 4.76. The van der Waals surface area contributed by atoms with E-state index >= 15 is 0 Å². The summed E-state index contributed by atoms with van der Waals surface area (Å²) in [6.45, 7) is 6.90. The summed E-state index contributed by atoms with van der Waals surface area (Å²) in [4.78, 5) is 11.8. The average molecular weight is 362 g/mol. The van der Waals surface area contributed by atoms with Crippen LogP contribution in [-0.2, 0) is 7.05 Å². The molecule has 3 heterocycles. The van der Waals surface area contributed by atoms with Crippen LogP contribution in [0, 0.1) is 5.92 Å². The Morgan fingerprint density at radius 3 is 2.73 bits per heavy atom. The minimum absolute atomic E-state index is 0.281. The topological polar surface area (TPSA) is 51.9 Å². The molecule has 2 atom stereocenters. The van der Waals surface area contributed by atoms with Crippen molar-refractivity contribution in [2.75, 3.05) is 60.4 Å². The molecule has 2 aliphatic heterocycles. The lowest BCUT2D eigenvalue weighted by Gasteiger charge is -2.27. The van der Waals surface area contributed by atoms with Crippen molar-refractivity contribution in [2.45, 2.75) is 25.3 Å². The van der Waals surface area contributed by atoms with Crippen molar-refractivity contribution >= 4 is 5.96 Å². The van der Waals surface area contributed by atoms with Crippen molar-refractivity contribution in [3.05, 3.63) is 18.0 Å². The Morgan fingerprint density at radius 1 is 1.35 bits per heavy atom. The molecule has 0 amide bonds. The van der Waals surface area contributed by atoms with Gasteiger partial charge in [-0.3, -0.25) is 9.67 Å². The van der Waals surface area contributed by atoms with E-state index in [1.165, 1.54) is 44.5 Å². The van der Waals surface area contributed by atoms with E-state index in [1.807, 2.05) is 25.0 Å². The molecule has 2 saturated heterocycles. The van der Waals surface area contributed by atoms with Crippen molar-refractivity contribution in [2.24, 2.45) is 18.0 Å². The first-order chi connectivity index (χ1) is 12.6. The van der Waals surface area contributed by atoms with Crippen molar-refractivity contribution in [1.29, 1.82) is 0 Å². The molecule has 0 aromatic carbocycles. The lowest BCUT2D eigenvalue weighted by Crippen LogP contribution is -2.43. The van der Waals surface area contributed by atoms with E-state index in [1.54, 1.807) is 0 Å². The fourth-order valence-corrected chi connectivity index (χ4v) is 4.24. The van der Waals surface area contributed by atoms with Crippen LogP contribution in [0.3, 0.4) is 0 Å². The highest BCUT2D eigenvalue weighted by Crippen LogP contribution is 2.21. The Balaban J connectivity index is 1.52. The summed E-state index contributed by atoms with van der Waals surface area (Å²) in [6, 6.07) is 0.281. The van der Waals surface area contributed by atoms with Gasteiger partial charge >= 0.3 is 0 Å². The second-order valence-electron chi connectivity index (χ2n) is 7.96. The Bertz CT molecular complexity index is 588. The van der Waals surface area contributed by atoms with Crippen molar-refractivity contribution in [3.8, 4) is 0 Å². The molecule has 7 nitrogen and oxygen atoms in total. The van der Waals surface area contributed by atoms with Gasteiger partial charge in [0, 0.05) is 52.0 Å². The summed E-state index contributed by atoms with van der Waals surface area (Å²) in [6.07, 6.45) is 8.07. The molecule has 0 saturated carbocycles. The van der Waals surface area contributed by atoms with Crippen LogP contribution < -0.4 is 5.32 Å². The molecule has 3 rings (SSSR count). The van der Waals surface area contributed by atoms with Crippen LogP contribution in [0.15, 0.2) is 17.4 Å². The highest BCUT2D eigenvalue weighted by Gasteiger charge is 2.28. The van der Waals surface area contributed by atoms with Crippen molar-refractivity contribution in [1.82, 2.24) is 29.8 Å². The van der Waals surface area contributed by atoms with E-state index in [9.17, 15) is 0 Å². The highest BCUT2D eigenvalue weighted by atomic mass is 15.3. The second kappa shape index (κ2) is 8.86.